The molecule has 0 aliphatic carbocycles. The average molecular weight is 868 g/mol. The summed E-state index contributed by atoms with van der Waals surface area (Å²) in [5, 5.41) is 8.90. The van der Waals surface area contributed by atoms with Crippen molar-refractivity contribution < 1.29 is 47.5 Å². The van der Waals surface area contributed by atoms with Gasteiger partial charge in [0.1, 0.15) is 12.6 Å². The van der Waals surface area contributed by atoms with Crippen LogP contribution in [-0.4, -0.2) is 59.9 Å². The van der Waals surface area contributed by atoms with Gasteiger partial charge in [-0.15, -0.1) is 0 Å². The quantitative estimate of drug-likeness (QED) is 0.0230. The van der Waals surface area contributed by atoms with E-state index in [1.54, 1.807) is 0 Å². The molecule has 0 fully saturated rings. The molecule has 0 amide bonds. The Balaban J connectivity index is 4.31. The summed E-state index contributed by atoms with van der Waals surface area (Å²) in [5.74, 6) is -2.43. The van der Waals surface area contributed by atoms with E-state index in [1.807, 2.05) is 0 Å². The fourth-order valence-electron chi connectivity index (χ4n) is 6.30. The lowest BCUT2D eigenvalue weighted by molar-refractivity contribution is -0.161. The fraction of sp³-hybridized carbons (Fsp3) is 0.771. The van der Waals surface area contributed by atoms with Gasteiger partial charge in [0, 0.05) is 12.8 Å². The first-order valence-corrected chi connectivity index (χ1v) is 25.2. The highest BCUT2D eigenvalue weighted by molar-refractivity contribution is 7.47. The minimum Gasteiger partial charge on any atom is -0.480 e. The number of esters is 2. The molecule has 11 nitrogen and oxygen atoms in total. The van der Waals surface area contributed by atoms with Crippen LogP contribution in [0.3, 0.4) is 0 Å². The molecule has 0 saturated carbocycles. The zero-order valence-corrected chi connectivity index (χ0v) is 38.7. The maximum absolute atomic E-state index is 12.6. The number of ether oxygens (including phenoxy) is 2. The molecule has 0 rings (SSSR count). The number of allylic oxidation sites excluding steroid dienone is 8. The van der Waals surface area contributed by atoms with E-state index in [-0.39, 0.29) is 19.4 Å². The number of carbonyl (C=O) groups excluding carboxylic acids is 2. The largest absolute Gasteiger partial charge is 0.480 e. The van der Waals surface area contributed by atoms with Gasteiger partial charge >= 0.3 is 25.7 Å². The summed E-state index contributed by atoms with van der Waals surface area (Å²) in [7, 11) is -4.73. The number of nitrogens with two attached hydrogens (primary N) is 1. The molecule has 4 N–H and O–H groups in total. The molecular formula is C48H86NO10P. The van der Waals surface area contributed by atoms with Crippen molar-refractivity contribution >= 4 is 25.7 Å². The Labute approximate surface area is 365 Å². The third kappa shape index (κ3) is 42.1. The predicted octanol–water partition coefficient (Wildman–Crippen LogP) is 13.0. The second-order valence-corrected chi connectivity index (χ2v) is 17.3. The number of phosphoric acid groups is 1. The molecule has 0 spiro atoms. The van der Waals surface area contributed by atoms with E-state index in [4.69, 9.17) is 24.8 Å². The van der Waals surface area contributed by atoms with Crippen LogP contribution >= 0.6 is 7.82 Å². The minimum absolute atomic E-state index is 0.112. The van der Waals surface area contributed by atoms with Gasteiger partial charge in [0.25, 0.3) is 0 Å². The number of carboxylic acid groups (broad SMARTS) is 1. The fourth-order valence-corrected chi connectivity index (χ4v) is 7.08. The van der Waals surface area contributed by atoms with Crippen molar-refractivity contribution in [2.45, 2.75) is 219 Å². The monoisotopic (exact) mass is 868 g/mol. The van der Waals surface area contributed by atoms with Gasteiger partial charge in [-0.2, -0.15) is 0 Å². The third-order valence-corrected chi connectivity index (χ3v) is 11.0. The van der Waals surface area contributed by atoms with Crippen LogP contribution in [0, 0.1) is 0 Å². The number of aliphatic carboxylic acids is 1. The summed E-state index contributed by atoms with van der Waals surface area (Å²) >= 11 is 0. The lowest BCUT2D eigenvalue weighted by Crippen LogP contribution is -2.34. The van der Waals surface area contributed by atoms with Crippen molar-refractivity contribution in [3.63, 3.8) is 0 Å². The first kappa shape index (κ1) is 57.4. The second kappa shape index (κ2) is 43.1. The van der Waals surface area contributed by atoms with Crippen molar-refractivity contribution in [3.8, 4) is 0 Å². The lowest BCUT2D eigenvalue weighted by Gasteiger charge is -2.20. The van der Waals surface area contributed by atoms with E-state index in [9.17, 15) is 23.8 Å². The number of hydrogen-bond acceptors (Lipinski definition) is 9. The summed E-state index contributed by atoms with van der Waals surface area (Å²) in [6.07, 6.45) is 48.9. The molecule has 0 aromatic heterocycles. The van der Waals surface area contributed by atoms with Crippen LogP contribution in [0.2, 0.25) is 0 Å². The van der Waals surface area contributed by atoms with Crippen LogP contribution in [0.1, 0.15) is 206 Å². The topological polar surface area (TPSA) is 172 Å². The Kier molecular flexibility index (Phi) is 41.3. The standard InChI is InChI=1S/C48H86NO10P/c1-3-5-7-9-11-13-15-17-19-20-21-22-23-24-26-27-29-31-33-35-37-39-46(50)56-41-44(42-57-60(54,55)58-43-45(49)48(52)53)59-47(51)40-38-36-34-32-30-28-25-18-16-14-12-10-8-6-4-2/h12,14,17-19,25,30,32,44-45H,3-11,13,15-16,20-24,26-29,31,33-43,49H2,1-2H3,(H,52,53)(H,54,55)/b14-12-,19-17-,25-18-,32-30-/t44-,45+/m1/s1. The van der Waals surface area contributed by atoms with Crippen molar-refractivity contribution in [2.24, 2.45) is 5.73 Å². The number of unbranched alkanes of at least 4 members (excludes halogenated alkanes) is 22. The first-order valence-electron chi connectivity index (χ1n) is 23.7. The van der Waals surface area contributed by atoms with Crippen LogP contribution < -0.4 is 5.73 Å². The SMILES string of the molecule is CCCCC/C=C\C/C=C\C/C=C\CCCCC(=O)O[C@H](COC(=O)CCCCCCCCCCCCC/C=C\CCCCCCCC)COP(=O)(O)OC[C@H](N)C(=O)O. The molecule has 0 saturated heterocycles. The van der Waals surface area contributed by atoms with Crippen molar-refractivity contribution in [2.75, 3.05) is 19.8 Å². The Morgan fingerprint density at radius 3 is 1.40 bits per heavy atom. The minimum atomic E-state index is -4.73. The van der Waals surface area contributed by atoms with Crippen LogP contribution in [0.5, 0.6) is 0 Å². The van der Waals surface area contributed by atoms with Crippen LogP contribution in [0.15, 0.2) is 48.6 Å². The zero-order valence-electron chi connectivity index (χ0n) is 37.8. The van der Waals surface area contributed by atoms with E-state index in [1.165, 1.54) is 116 Å². The maximum Gasteiger partial charge on any atom is 0.472 e. The Morgan fingerprint density at radius 1 is 0.517 bits per heavy atom. The van der Waals surface area contributed by atoms with E-state index < -0.39 is 51.1 Å². The Hall–Kier alpha value is -2.56. The number of carboxylic acids is 1. The Bertz CT molecular complexity index is 1200. The highest BCUT2D eigenvalue weighted by Crippen LogP contribution is 2.43. The van der Waals surface area contributed by atoms with Crippen molar-refractivity contribution in [3.05, 3.63) is 48.6 Å². The number of hydrogen-bond donors (Lipinski definition) is 3. The molecule has 1 unspecified atom stereocenters. The summed E-state index contributed by atoms with van der Waals surface area (Å²) < 4.78 is 32.7. The van der Waals surface area contributed by atoms with Gasteiger partial charge in [-0.05, 0) is 77.0 Å². The molecule has 0 aliphatic rings. The molecule has 3 atom stereocenters. The molecule has 0 aromatic carbocycles. The van der Waals surface area contributed by atoms with Crippen LogP contribution in [-0.2, 0) is 37.5 Å². The molecule has 0 aliphatic heterocycles. The molecular weight excluding hydrogens is 781 g/mol. The zero-order chi connectivity index (χ0) is 44.2. The molecule has 0 aromatic rings. The molecule has 60 heavy (non-hydrogen) atoms. The van der Waals surface area contributed by atoms with Crippen molar-refractivity contribution in [1.29, 1.82) is 0 Å². The molecule has 0 radical (unpaired) electrons. The van der Waals surface area contributed by atoms with Crippen LogP contribution in [0.4, 0.5) is 0 Å². The number of carbonyl (C=O) groups is 3. The van der Waals surface area contributed by atoms with Gasteiger partial charge in [0.15, 0.2) is 6.10 Å². The predicted molar refractivity (Wildman–Crippen MR) is 245 cm³/mol. The van der Waals surface area contributed by atoms with Gasteiger partial charge in [0.2, 0.25) is 0 Å². The van der Waals surface area contributed by atoms with Gasteiger partial charge in [-0.1, -0.05) is 165 Å². The summed E-state index contributed by atoms with van der Waals surface area (Å²) in [5.41, 5.74) is 5.34. The van der Waals surface area contributed by atoms with Gasteiger partial charge < -0.3 is 25.2 Å². The highest BCUT2D eigenvalue weighted by Gasteiger charge is 2.28. The maximum atomic E-state index is 12.6. The molecule has 0 bridgehead atoms. The molecule has 0 heterocycles. The van der Waals surface area contributed by atoms with Gasteiger partial charge in [-0.3, -0.25) is 23.4 Å². The smallest absolute Gasteiger partial charge is 0.472 e. The summed E-state index contributed by atoms with van der Waals surface area (Å²) in [4.78, 5) is 46.0. The van der Waals surface area contributed by atoms with E-state index in [2.05, 4.69) is 67.0 Å². The van der Waals surface area contributed by atoms with E-state index >= 15 is 0 Å². The second-order valence-electron chi connectivity index (χ2n) is 15.9. The number of phosphoric ester groups is 1. The van der Waals surface area contributed by atoms with E-state index in [0.717, 1.165) is 51.4 Å². The Morgan fingerprint density at radius 2 is 0.883 bits per heavy atom. The third-order valence-electron chi connectivity index (χ3n) is 10.0. The number of rotatable bonds is 44. The first-order chi connectivity index (χ1) is 29.1. The summed E-state index contributed by atoms with van der Waals surface area (Å²) in [6.45, 7) is 2.74. The van der Waals surface area contributed by atoms with Gasteiger partial charge in [0.05, 0.1) is 13.2 Å². The molecule has 348 valence electrons. The summed E-state index contributed by atoms with van der Waals surface area (Å²) in [6, 6.07) is -1.53. The van der Waals surface area contributed by atoms with E-state index in [0.29, 0.717) is 12.8 Å². The van der Waals surface area contributed by atoms with Crippen molar-refractivity contribution in [1.82, 2.24) is 0 Å². The normalized spacial score (nSPS) is 14.1. The van der Waals surface area contributed by atoms with Gasteiger partial charge in [-0.25, -0.2) is 4.57 Å². The average Bonchev–Trinajstić information content (AvgIpc) is 3.22. The highest BCUT2D eigenvalue weighted by atomic mass is 31.2. The lowest BCUT2D eigenvalue weighted by atomic mass is 10.0. The van der Waals surface area contributed by atoms with Crippen LogP contribution in [0.25, 0.3) is 0 Å². The molecule has 12 heteroatoms.